The fraction of sp³-hybridized carbons (Fsp3) is 0.0769. The summed E-state index contributed by atoms with van der Waals surface area (Å²) < 4.78 is 0. The Morgan fingerprint density at radius 2 is 1.55 bits per heavy atom. The van der Waals surface area contributed by atoms with E-state index in [1.54, 1.807) is 0 Å². The highest BCUT2D eigenvalue weighted by Crippen LogP contribution is 2.29. The third-order valence-electron chi connectivity index (χ3n) is 2.71. The van der Waals surface area contributed by atoms with Gasteiger partial charge in [-0.2, -0.15) is 0 Å². The lowest BCUT2D eigenvalue weighted by molar-refractivity contribution is -0.422. The molecule has 0 heterocycles. The molecule has 0 amide bonds. The maximum absolute atomic E-state index is 10.8. The molecule has 0 aromatic heterocycles. The molecule has 2 aromatic carbocycles. The van der Waals surface area contributed by atoms with Gasteiger partial charge >= 0.3 is 11.4 Å². The number of anilines is 1. The molecule has 0 aliphatic heterocycles. The summed E-state index contributed by atoms with van der Waals surface area (Å²) in [6, 6.07) is 13.2. The molecule has 0 atom stereocenters. The predicted octanol–water partition coefficient (Wildman–Crippen LogP) is 3.12. The first-order valence-corrected chi connectivity index (χ1v) is 5.78. The highest BCUT2D eigenvalue weighted by Gasteiger charge is 2.23. The van der Waals surface area contributed by atoms with Gasteiger partial charge in [0.05, 0.1) is 9.85 Å². The Kier molecular flexibility index (Phi) is 3.90. The van der Waals surface area contributed by atoms with Gasteiger partial charge in [-0.05, 0) is 11.6 Å². The topological polar surface area (TPSA) is 98.3 Å². The average molecular weight is 273 g/mol. The molecule has 1 N–H and O–H groups in total. The van der Waals surface area contributed by atoms with Crippen LogP contribution in [0.25, 0.3) is 0 Å². The summed E-state index contributed by atoms with van der Waals surface area (Å²) in [6.07, 6.45) is 0. The summed E-state index contributed by atoms with van der Waals surface area (Å²) in [7, 11) is 0. The molecule has 2 rings (SSSR count). The third kappa shape index (κ3) is 3.08. The largest absolute Gasteiger partial charge is 0.381 e. The van der Waals surface area contributed by atoms with Crippen LogP contribution < -0.4 is 5.32 Å². The maximum Gasteiger partial charge on any atom is 0.348 e. The second-order valence-corrected chi connectivity index (χ2v) is 4.06. The van der Waals surface area contributed by atoms with Crippen LogP contribution in [0.3, 0.4) is 0 Å². The van der Waals surface area contributed by atoms with Crippen molar-refractivity contribution in [2.75, 3.05) is 5.32 Å². The second kappa shape index (κ2) is 5.79. The van der Waals surface area contributed by atoms with Gasteiger partial charge in [-0.25, -0.2) is 0 Å². The molecular weight excluding hydrogens is 262 g/mol. The van der Waals surface area contributed by atoms with E-state index in [0.29, 0.717) is 12.2 Å². The Balaban J connectivity index is 2.19. The Morgan fingerprint density at radius 1 is 0.900 bits per heavy atom. The normalized spacial score (nSPS) is 10.0. The smallest absolute Gasteiger partial charge is 0.348 e. The molecule has 0 radical (unpaired) electrons. The molecule has 0 spiro atoms. The van der Waals surface area contributed by atoms with E-state index in [0.717, 1.165) is 11.6 Å². The van der Waals surface area contributed by atoms with Gasteiger partial charge in [0.1, 0.15) is 0 Å². The highest BCUT2D eigenvalue weighted by molar-refractivity contribution is 5.62. The number of nitro groups is 2. The molecule has 7 heteroatoms. The van der Waals surface area contributed by atoms with Crippen molar-refractivity contribution in [3.63, 3.8) is 0 Å². The average Bonchev–Trinajstić information content (AvgIpc) is 2.45. The van der Waals surface area contributed by atoms with Gasteiger partial charge < -0.3 is 5.32 Å². The van der Waals surface area contributed by atoms with Gasteiger partial charge in [-0.1, -0.05) is 30.3 Å². The number of nitrogens with one attached hydrogen (secondary N) is 1. The van der Waals surface area contributed by atoms with E-state index in [1.165, 1.54) is 12.1 Å². The fourth-order valence-corrected chi connectivity index (χ4v) is 1.73. The zero-order valence-electron chi connectivity index (χ0n) is 10.4. The van der Waals surface area contributed by atoms with Crippen LogP contribution in [0.1, 0.15) is 5.56 Å². The molecule has 0 saturated carbocycles. The monoisotopic (exact) mass is 273 g/mol. The predicted molar refractivity (Wildman–Crippen MR) is 73.5 cm³/mol. The molecule has 0 aliphatic rings. The van der Waals surface area contributed by atoms with Crippen molar-refractivity contribution in [1.29, 1.82) is 0 Å². The summed E-state index contributed by atoms with van der Waals surface area (Å²) in [5.74, 6) is 0. The van der Waals surface area contributed by atoms with Gasteiger partial charge in [-0.15, -0.1) is 0 Å². The fourth-order valence-electron chi connectivity index (χ4n) is 1.73. The second-order valence-electron chi connectivity index (χ2n) is 4.06. The Morgan fingerprint density at radius 3 is 2.15 bits per heavy atom. The third-order valence-corrected chi connectivity index (χ3v) is 2.71. The lowest BCUT2D eigenvalue weighted by atomic mass is 10.2. The molecular formula is C13H11N3O4. The standard InChI is InChI=1S/C13H11N3O4/c17-15(18)12-7-6-11(8-13(12)16(19)20)14-9-10-4-2-1-3-5-10/h1-8,14H,9H2. The van der Waals surface area contributed by atoms with Crippen molar-refractivity contribution < 1.29 is 9.85 Å². The summed E-state index contributed by atoms with van der Waals surface area (Å²) in [6.45, 7) is 0.482. The van der Waals surface area contributed by atoms with Crippen molar-refractivity contribution in [3.8, 4) is 0 Å². The van der Waals surface area contributed by atoms with Crippen molar-refractivity contribution in [1.82, 2.24) is 0 Å². The highest BCUT2D eigenvalue weighted by atomic mass is 16.6. The van der Waals surface area contributed by atoms with Gasteiger partial charge in [0.25, 0.3) is 0 Å². The minimum atomic E-state index is -0.765. The lowest BCUT2D eigenvalue weighted by Gasteiger charge is -2.06. The molecule has 0 aliphatic carbocycles. The quantitative estimate of drug-likeness (QED) is 0.666. The van der Waals surface area contributed by atoms with Crippen molar-refractivity contribution in [2.24, 2.45) is 0 Å². The number of hydrogen-bond donors (Lipinski definition) is 1. The van der Waals surface area contributed by atoms with Crippen LogP contribution in [0.2, 0.25) is 0 Å². The van der Waals surface area contributed by atoms with E-state index >= 15 is 0 Å². The maximum atomic E-state index is 10.8. The minimum absolute atomic E-state index is 0.464. The van der Waals surface area contributed by atoms with Gasteiger partial charge in [0.15, 0.2) is 0 Å². The molecule has 20 heavy (non-hydrogen) atoms. The Hall–Kier alpha value is -2.96. The molecule has 0 saturated heterocycles. The SMILES string of the molecule is O=[N+]([O-])c1ccc(NCc2ccccc2)cc1[N+](=O)[O-]. The number of nitro benzene ring substituents is 2. The van der Waals surface area contributed by atoms with Crippen LogP contribution >= 0.6 is 0 Å². The molecule has 2 aromatic rings. The number of hydrogen-bond acceptors (Lipinski definition) is 5. The Labute approximate surface area is 114 Å². The number of benzene rings is 2. The van der Waals surface area contributed by atoms with Gasteiger partial charge in [-0.3, -0.25) is 20.2 Å². The van der Waals surface area contributed by atoms with Crippen LogP contribution in [0, 0.1) is 20.2 Å². The summed E-state index contributed by atoms with van der Waals surface area (Å²) in [5, 5.41) is 24.5. The van der Waals surface area contributed by atoms with E-state index in [4.69, 9.17) is 0 Å². The van der Waals surface area contributed by atoms with Crippen LogP contribution in [0.5, 0.6) is 0 Å². The summed E-state index contributed by atoms with van der Waals surface area (Å²) in [5.41, 5.74) is 0.438. The molecule has 0 fully saturated rings. The van der Waals surface area contributed by atoms with Crippen LogP contribution in [0.15, 0.2) is 48.5 Å². The first kappa shape index (κ1) is 13.5. The van der Waals surface area contributed by atoms with Crippen LogP contribution in [-0.4, -0.2) is 9.85 Å². The van der Waals surface area contributed by atoms with Gasteiger partial charge in [0, 0.05) is 24.4 Å². The molecule has 0 unspecified atom stereocenters. The van der Waals surface area contributed by atoms with Crippen LogP contribution in [-0.2, 0) is 6.54 Å². The van der Waals surface area contributed by atoms with Gasteiger partial charge in [0.2, 0.25) is 0 Å². The van der Waals surface area contributed by atoms with E-state index in [-0.39, 0.29) is 0 Å². The Bertz CT molecular complexity index is 643. The number of rotatable bonds is 5. The zero-order chi connectivity index (χ0) is 14.5. The van der Waals surface area contributed by atoms with Crippen molar-refractivity contribution in [3.05, 3.63) is 74.3 Å². The lowest BCUT2D eigenvalue weighted by Crippen LogP contribution is -2.01. The summed E-state index contributed by atoms with van der Waals surface area (Å²) >= 11 is 0. The summed E-state index contributed by atoms with van der Waals surface area (Å²) in [4.78, 5) is 20.0. The van der Waals surface area contributed by atoms with E-state index in [9.17, 15) is 20.2 Å². The van der Waals surface area contributed by atoms with Crippen molar-refractivity contribution in [2.45, 2.75) is 6.54 Å². The van der Waals surface area contributed by atoms with Crippen LogP contribution in [0.4, 0.5) is 17.1 Å². The molecule has 102 valence electrons. The van der Waals surface area contributed by atoms with E-state index in [2.05, 4.69) is 5.32 Å². The van der Waals surface area contributed by atoms with E-state index < -0.39 is 21.2 Å². The molecule has 7 nitrogen and oxygen atoms in total. The zero-order valence-corrected chi connectivity index (χ0v) is 10.4. The number of nitrogens with zero attached hydrogens (tertiary/aromatic N) is 2. The molecule has 0 bridgehead atoms. The first-order chi connectivity index (χ1) is 9.58. The first-order valence-electron chi connectivity index (χ1n) is 5.78. The van der Waals surface area contributed by atoms with Crippen molar-refractivity contribution >= 4 is 17.1 Å². The van der Waals surface area contributed by atoms with E-state index in [1.807, 2.05) is 30.3 Å². The minimum Gasteiger partial charge on any atom is -0.381 e.